The largest absolute Gasteiger partial charge is 0.409 e. The van der Waals surface area contributed by atoms with Gasteiger partial charge in [-0.05, 0) is 0 Å². The van der Waals surface area contributed by atoms with E-state index in [1.165, 1.54) is 6.92 Å². The average Bonchev–Trinajstić information content (AvgIpc) is 2.22. The van der Waals surface area contributed by atoms with Gasteiger partial charge in [0.05, 0.1) is 17.9 Å². The Balaban J connectivity index is 2.59. The van der Waals surface area contributed by atoms with Crippen LogP contribution in [0.1, 0.15) is 24.8 Å². The lowest BCUT2D eigenvalue weighted by molar-refractivity contribution is -0.152. The Morgan fingerprint density at radius 2 is 1.84 bits per heavy atom. The zero-order valence-electron chi connectivity index (χ0n) is 9.63. The molecule has 104 valence electrons. The van der Waals surface area contributed by atoms with Gasteiger partial charge in [0.15, 0.2) is 0 Å². The summed E-state index contributed by atoms with van der Waals surface area (Å²) in [6, 6.07) is 0. The number of rotatable bonds is 1. The van der Waals surface area contributed by atoms with E-state index in [2.05, 4.69) is 4.74 Å². The molecule has 2 heterocycles. The molecule has 0 spiro atoms. The molecule has 0 radical (unpaired) electrons. The van der Waals surface area contributed by atoms with Crippen molar-refractivity contribution in [2.24, 2.45) is 5.92 Å². The first-order valence-electron chi connectivity index (χ1n) is 5.34. The Bertz CT molecular complexity index is 631. The maximum Gasteiger partial charge on any atom is 0.389 e. The van der Waals surface area contributed by atoms with E-state index in [0.717, 1.165) is 0 Å². The van der Waals surface area contributed by atoms with Crippen molar-refractivity contribution in [3.05, 3.63) is 26.4 Å². The molecule has 0 saturated carbocycles. The third-order valence-electron chi connectivity index (χ3n) is 2.94. The third kappa shape index (κ3) is 2.54. The van der Waals surface area contributed by atoms with Crippen molar-refractivity contribution in [3.63, 3.8) is 0 Å². The van der Waals surface area contributed by atoms with Crippen molar-refractivity contribution >= 4 is 5.97 Å². The standard InChI is InChI=1S/C10H9F3N2O4/c1-3-4(2-10(11,12)13)5-6(16)14-9(18)15-7(5)19-8(3)17/h3-4H,2H2,1H3,(H2,14,15,16,18). The molecule has 6 nitrogen and oxygen atoms in total. The number of carbonyl (C=O) groups excluding carboxylic acids is 1. The SMILES string of the molecule is CC1C(=O)Oc2[nH]c(=O)[nH]c(=O)c2C1CC(F)(F)F. The number of aromatic nitrogens is 2. The Kier molecular flexibility index (Phi) is 2.99. The highest BCUT2D eigenvalue weighted by Gasteiger charge is 2.44. The first-order chi connectivity index (χ1) is 8.69. The summed E-state index contributed by atoms with van der Waals surface area (Å²) in [4.78, 5) is 37.9. The summed E-state index contributed by atoms with van der Waals surface area (Å²) < 4.78 is 42.2. The maximum absolute atomic E-state index is 12.5. The number of hydrogen-bond acceptors (Lipinski definition) is 4. The van der Waals surface area contributed by atoms with E-state index >= 15 is 0 Å². The number of hydrogen-bond donors (Lipinski definition) is 2. The van der Waals surface area contributed by atoms with E-state index in [9.17, 15) is 27.6 Å². The van der Waals surface area contributed by atoms with Crippen LogP contribution in [-0.2, 0) is 4.79 Å². The predicted octanol–water partition coefficient (Wildman–Crippen LogP) is 0.654. The molecule has 0 bridgehead atoms. The van der Waals surface area contributed by atoms with Crippen molar-refractivity contribution in [1.29, 1.82) is 0 Å². The number of ether oxygens (including phenoxy) is 1. The second kappa shape index (κ2) is 4.25. The molecule has 1 aromatic rings. The highest BCUT2D eigenvalue weighted by molar-refractivity contribution is 5.78. The molecule has 19 heavy (non-hydrogen) atoms. The van der Waals surface area contributed by atoms with Crippen LogP contribution in [-0.4, -0.2) is 22.1 Å². The number of H-pyrrole nitrogens is 2. The third-order valence-corrected chi connectivity index (χ3v) is 2.94. The van der Waals surface area contributed by atoms with Crippen LogP contribution < -0.4 is 16.0 Å². The summed E-state index contributed by atoms with van der Waals surface area (Å²) in [6.07, 6.45) is -5.89. The molecule has 0 aliphatic carbocycles. The fourth-order valence-corrected chi connectivity index (χ4v) is 2.03. The van der Waals surface area contributed by atoms with Crippen molar-refractivity contribution in [3.8, 4) is 5.88 Å². The summed E-state index contributed by atoms with van der Waals surface area (Å²) >= 11 is 0. The fraction of sp³-hybridized carbons (Fsp3) is 0.500. The van der Waals surface area contributed by atoms with E-state index in [1.54, 1.807) is 0 Å². The van der Waals surface area contributed by atoms with Gasteiger partial charge >= 0.3 is 17.8 Å². The second-order valence-corrected chi connectivity index (χ2v) is 4.29. The van der Waals surface area contributed by atoms with Crippen LogP contribution in [0.5, 0.6) is 5.88 Å². The van der Waals surface area contributed by atoms with Crippen LogP contribution in [0.3, 0.4) is 0 Å². The Hall–Kier alpha value is -2.06. The topological polar surface area (TPSA) is 92.0 Å². The van der Waals surface area contributed by atoms with E-state index in [0.29, 0.717) is 0 Å². The Labute approximate surface area is 103 Å². The molecule has 2 unspecified atom stereocenters. The number of nitrogens with one attached hydrogen (secondary N) is 2. The smallest absolute Gasteiger partial charge is 0.389 e. The van der Waals surface area contributed by atoms with Crippen LogP contribution in [0, 0.1) is 5.92 Å². The fourth-order valence-electron chi connectivity index (χ4n) is 2.03. The van der Waals surface area contributed by atoms with Crippen molar-refractivity contribution in [2.75, 3.05) is 0 Å². The van der Waals surface area contributed by atoms with Gasteiger partial charge in [0, 0.05) is 5.92 Å². The molecular weight excluding hydrogens is 269 g/mol. The van der Waals surface area contributed by atoms with Gasteiger partial charge in [0.25, 0.3) is 5.56 Å². The molecule has 0 fully saturated rings. The number of carbonyl (C=O) groups is 1. The van der Waals surface area contributed by atoms with Gasteiger partial charge < -0.3 is 4.74 Å². The van der Waals surface area contributed by atoms with Gasteiger partial charge in [0.1, 0.15) is 0 Å². The minimum Gasteiger partial charge on any atom is -0.409 e. The van der Waals surface area contributed by atoms with E-state index in [-0.39, 0.29) is 5.56 Å². The van der Waals surface area contributed by atoms with Crippen LogP contribution >= 0.6 is 0 Å². The monoisotopic (exact) mass is 278 g/mol. The molecule has 1 aromatic heterocycles. The molecule has 9 heteroatoms. The summed E-state index contributed by atoms with van der Waals surface area (Å²) in [6.45, 7) is 1.24. The minimum absolute atomic E-state index is 0.357. The molecule has 1 aliphatic heterocycles. The number of alkyl halides is 3. The first-order valence-corrected chi connectivity index (χ1v) is 5.34. The first kappa shape index (κ1) is 13.4. The summed E-state index contributed by atoms with van der Waals surface area (Å²) in [5.41, 5.74) is -2.28. The van der Waals surface area contributed by atoms with Gasteiger partial charge in [-0.2, -0.15) is 13.2 Å². The summed E-state index contributed by atoms with van der Waals surface area (Å²) in [7, 11) is 0. The van der Waals surface area contributed by atoms with Crippen LogP contribution in [0.2, 0.25) is 0 Å². The van der Waals surface area contributed by atoms with Crippen LogP contribution in [0.15, 0.2) is 9.59 Å². The highest BCUT2D eigenvalue weighted by Crippen LogP contribution is 2.40. The molecule has 2 N–H and O–H groups in total. The minimum atomic E-state index is -4.55. The maximum atomic E-state index is 12.5. The van der Waals surface area contributed by atoms with E-state index < -0.39 is 47.5 Å². The quantitative estimate of drug-likeness (QED) is 0.738. The summed E-state index contributed by atoms with van der Waals surface area (Å²) in [5.74, 6) is -3.92. The van der Waals surface area contributed by atoms with Crippen LogP contribution in [0.25, 0.3) is 0 Å². The highest BCUT2D eigenvalue weighted by atomic mass is 19.4. The van der Waals surface area contributed by atoms with Crippen molar-refractivity contribution < 1.29 is 22.7 Å². The molecule has 2 rings (SSSR count). The van der Waals surface area contributed by atoms with Gasteiger partial charge in [0.2, 0.25) is 5.88 Å². The lowest BCUT2D eigenvalue weighted by Gasteiger charge is -2.28. The zero-order valence-corrected chi connectivity index (χ0v) is 9.63. The number of halogens is 3. The number of aromatic amines is 2. The molecule has 0 aromatic carbocycles. The van der Waals surface area contributed by atoms with Gasteiger partial charge in [-0.1, -0.05) is 6.92 Å². The molecule has 1 aliphatic rings. The Morgan fingerprint density at radius 3 is 2.42 bits per heavy atom. The lowest BCUT2D eigenvalue weighted by Crippen LogP contribution is -2.39. The Morgan fingerprint density at radius 1 is 1.21 bits per heavy atom. The van der Waals surface area contributed by atoms with E-state index in [1.807, 2.05) is 9.97 Å². The molecular formula is C10H9F3N2O4. The summed E-state index contributed by atoms with van der Waals surface area (Å²) in [5, 5.41) is 0. The number of esters is 1. The van der Waals surface area contributed by atoms with Crippen LogP contribution in [0.4, 0.5) is 13.2 Å². The normalized spacial score (nSPS) is 22.8. The zero-order chi connectivity index (χ0) is 14.4. The lowest BCUT2D eigenvalue weighted by atomic mass is 9.84. The molecule has 2 atom stereocenters. The molecule has 0 saturated heterocycles. The second-order valence-electron chi connectivity index (χ2n) is 4.29. The average molecular weight is 278 g/mol. The van der Waals surface area contributed by atoms with Gasteiger partial charge in [-0.15, -0.1) is 0 Å². The van der Waals surface area contributed by atoms with Crippen molar-refractivity contribution in [2.45, 2.75) is 25.4 Å². The molecule has 0 amide bonds. The van der Waals surface area contributed by atoms with Gasteiger partial charge in [-0.25, -0.2) is 4.79 Å². The number of fused-ring (bicyclic) bond motifs is 1. The van der Waals surface area contributed by atoms with E-state index in [4.69, 9.17) is 0 Å². The predicted molar refractivity (Wildman–Crippen MR) is 55.9 cm³/mol. The van der Waals surface area contributed by atoms with Crippen molar-refractivity contribution in [1.82, 2.24) is 9.97 Å². The van der Waals surface area contributed by atoms with Gasteiger partial charge in [-0.3, -0.25) is 19.6 Å².